The molecule has 0 bridgehead atoms. The molecule has 182 valence electrons. The van der Waals surface area contributed by atoms with Gasteiger partial charge in [-0.15, -0.1) is 0 Å². The molecule has 1 saturated heterocycles. The summed E-state index contributed by atoms with van der Waals surface area (Å²) in [6, 6.07) is 12.6. The summed E-state index contributed by atoms with van der Waals surface area (Å²) in [6.45, 7) is 4.58. The van der Waals surface area contributed by atoms with Gasteiger partial charge in [0, 0.05) is 44.6 Å². The molecule has 1 aliphatic heterocycles. The maximum atomic E-state index is 14.2. The van der Waals surface area contributed by atoms with Crippen molar-refractivity contribution in [3.05, 3.63) is 70.8 Å². The minimum absolute atomic E-state index is 0.0316. The van der Waals surface area contributed by atoms with Crippen LogP contribution in [0.2, 0.25) is 0 Å². The molecule has 1 aliphatic carbocycles. The first-order valence-electron chi connectivity index (χ1n) is 11.9. The molecular weight excluding hydrogens is 447 g/mol. The van der Waals surface area contributed by atoms with E-state index in [1.165, 1.54) is 6.07 Å². The zero-order valence-electron chi connectivity index (χ0n) is 20.3. The number of aromatic nitrogens is 2. The fourth-order valence-electron chi connectivity index (χ4n) is 5.13. The number of ketones is 1. The number of carbonyl (C=O) groups is 1. The average molecular weight is 477 g/mol. The van der Waals surface area contributed by atoms with Crippen molar-refractivity contribution in [2.75, 3.05) is 50.2 Å². The first kappa shape index (κ1) is 23.1. The second-order valence-corrected chi connectivity index (χ2v) is 8.99. The van der Waals surface area contributed by atoms with E-state index in [2.05, 4.69) is 4.90 Å². The number of para-hydroxylation sites is 1. The van der Waals surface area contributed by atoms with Crippen molar-refractivity contribution >= 4 is 17.4 Å². The van der Waals surface area contributed by atoms with Gasteiger partial charge in [-0.3, -0.25) is 4.79 Å². The van der Waals surface area contributed by atoms with Gasteiger partial charge in [0.1, 0.15) is 17.3 Å². The highest BCUT2D eigenvalue weighted by Crippen LogP contribution is 2.39. The third-order valence-electron chi connectivity index (χ3n) is 6.94. The summed E-state index contributed by atoms with van der Waals surface area (Å²) in [5.74, 6) is 1.87. The van der Waals surface area contributed by atoms with E-state index in [0.717, 1.165) is 11.3 Å². The predicted octanol–water partition coefficient (Wildman–Crippen LogP) is 4.18. The lowest BCUT2D eigenvalue weighted by molar-refractivity contribution is 0.0961. The largest absolute Gasteiger partial charge is 0.497 e. The van der Waals surface area contributed by atoms with E-state index < -0.39 is 0 Å². The molecule has 35 heavy (non-hydrogen) atoms. The number of halogens is 1. The normalized spacial score (nSPS) is 17.8. The SMILES string of the molecule is COc1ccc(C2CC(=O)c3c(C)nc(N4CCN(c5ccccc5F)CC4)nc3C2)c(OC)c1. The van der Waals surface area contributed by atoms with Gasteiger partial charge in [0.15, 0.2) is 5.78 Å². The molecular formula is C27H29FN4O3. The molecule has 1 fully saturated rings. The van der Waals surface area contributed by atoms with Crippen LogP contribution in [0.3, 0.4) is 0 Å². The van der Waals surface area contributed by atoms with Crippen molar-refractivity contribution in [1.29, 1.82) is 0 Å². The lowest BCUT2D eigenvalue weighted by Gasteiger charge is -2.36. The molecule has 5 rings (SSSR count). The molecule has 3 aromatic rings. The van der Waals surface area contributed by atoms with Crippen molar-refractivity contribution in [3.8, 4) is 11.5 Å². The second-order valence-electron chi connectivity index (χ2n) is 8.99. The lowest BCUT2D eigenvalue weighted by Crippen LogP contribution is -2.47. The monoisotopic (exact) mass is 476 g/mol. The number of piperazine rings is 1. The number of ether oxygens (including phenoxy) is 2. The molecule has 1 atom stereocenters. The van der Waals surface area contributed by atoms with Crippen molar-refractivity contribution in [1.82, 2.24) is 9.97 Å². The smallest absolute Gasteiger partial charge is 0.225 e. The van der Waals surface area contributed by atoms with Crippen LogP contribution in [-0.2, 0) is 6.42 Å². The quantitative estimate of drug-likeness (QED) is 0.547. The van der Waals surface area contributed by atoms with E-state index in [-0.39, 0.29) is 17.5 Å². The van der Waals surface area contributed by atoms with Crippen LogP contribution in [0.5, 0.6) is 11.5 Å². The topological polar surface area (TPSA) is 67.8 Å². The summed E-state index contributed by atoms with van der Waals surface area (Å²) in [5, 5.41) is 0. The highest BCUT2D eigenvalue weighted by atomic mass is 19.1. The maximum absolute atomic E-state index is 14.2. The molecule has 0 radical (unpaired) electrons. The van der Waals surface area contributed by atoms with Crippen molar-refractivity contribution in [2.45, 2.75) is 25.7 Å². The Kier molecular flexibility index (Phi) is 6.28. The maximum Gasteiger partial charge on any atom is 0.225 e. The Morgan fingerprint density at radius 3 is 2.40 bits per heavy atom. The fourth-order valence-corrected chi connectivity index (χ4v) is 5.13. The van der Waals surface area contributed by atoms with Crippen LogP contribution in [0.4, 0.5) is 16.0 Å². The number of carbonyl (C=O) groups excluding carboxylic acids is 1. The third-order valence-corrected chi connectivity index (χ3v) is 6.94. The minimum Gasteiger partial charge on any atom is -0.497 e. The number of hydrogen-bond donors (Lipinski definition) is 0. The van der Waals surface area contributed by atoms with Gasteiger partial charge < -0.3 is 19.3 Å². The molecule has 1 aromatic heterocycles. The Balaban J connectivity index is 1.38. The molecule has 0 amide bonds. The van der Waals surface area contributed by atoms with Gasteiger partial charge in [0.25, 0.3) is 0 Å². The average Bonchev–Trinajstić information content (AvgIpc) is 2.88. The number of aryl methyl sites for hydroxylation is 1. The molecule has 2 heterocycles. The van der Waals surface area contributed by atoms with E-state index in [4.69, 9.17) is 19.4 Å². The van der Waals surface area contributed by atoms with Crippen LogP contribution in [0.25, 0.3) is 0 Å². The van der Waals surface area contributed by atoms with Gasteiger partial charge in [-0.2, -0.15) is 0 Å². The van der Waals surface area contributed by atoms with Crippen LogP contribution in [0.15, 0.2) is 42.5 Å². The van der Waals surface area contributed by atoms with Crippen LogP contribution in [0.1, 0.15) is 39.6 Å². The van der Waals surface area contributed by atoms with Crippen molar-refractivity contribution < 1.29 is 18.7 Å². The van der Waals surface area contributed by atoms with Crippen LogP contribution in [-0.4, -0.2) is 56.1 Å². The fraction of sp³-hybridized carbons (Fsp3) is 0.370. The molecule has 1 unspecified atom stereocenters. The first-order valence-corrected chi connectivity index (χ1v) is 11.9. The number of rotatable bonds is 5. The number of fused-ring (bicyclic) bond motifs is 1. The van der Waals surface area contributed by atoms with Crippen molar-refractivity contribution in [2.24, 2.45) is 0 Å². The Bertz CT molecular complexity index is 1260. The van der Waals surface area contributed by atoms with Crippen LogP contribution >= 0.6 is 0 Å². The number of methoxy groups -OCH3 is 2. The highest BCUT2D eigenvalue weighted by Gasteiger charge is 2.32. The van der Waals surface area contributed by atoms with Gasteiger partial charge in [-0.05, 0) is 37.1 Å². The summed E-state index contributed by atoms with van der Waals surface area (Å²) in [6.07, 6.45) is 1.02. The number of anilines is 2. The van der Waals surface area contributed by atoms with Gasteiger partial charge >= 0.3 is 0 Å². The van der Waals surface area contributed by atoms with E-state index >= 15 is 0 Å². The highest BCUT2D eigenvalue weighted by molar-refractivity contribution is 5.99. The number of benzene rings is 2. The summed E-state index contributed by atoms with van der Waals surface area (Å²) in [5.41, 5.74) is 3.73. The van der Waals surface area contributed by atoms with E-state index in [0.29, 0.717) is 73.4 Å². The Hall–Kier alpha value is -3.68. The molecule has 2 aromatic carbocycles. The van der Waals surface area contributed by atoms with Gasteiger partial charge in [0.2, 0.25) is 5.95 Å². The van der Waals surface area contributed by atoms with E-state index in [9.17, 15) is 9.18 Å². The molecule has 7 nitrogen and oxygen atoms in total. The Morgan fingerprint density at radius 2 is 1.69 bits per heavy atom. The molecule has 0 saturated carbocycles. The van der Waals surface area contributed by atoms with Gasteiger partial charge in [-0.25, -0.2) is 14.4 Å². The lowest BCUT2D eigenvalue weighted by atomic mass is 9.81. The predicted molar refractivity (Wildman–Crippen MR) is 133 cm³/mol. The zero-order valence-corrected chi connectivity index (χ0v) is 20.3. The molecule has 0 spiro atoms. The van der Waals surface area contributed by atoms with E-state index in [1.807, 2.05) is 42.2 Å². The van der Waals surface area contributed by atoms with Crippen molar-refractivity contribution in [3.63, 3.8) is 0 Å². The first-order chi connectivity index (χ1) is 17.0. The standard InChI is InChI=1S/C27H29FN4O3/c1-17-26-22(14-18(15-24(26)33)20-9-8-19(34-2)16-25(20)35-3)30-27(29-17)32-12-10-31(11-13-32)23-7-5-4-6-21(23)28/h4-9,16,18H,10-15H2,1-3H3. The molecule has 0 N–H and O–H groups in total. The summed E-state index contributed by atoms with van der Waals surface area (Å²) < 4.78 is 25.1. The third kappa shape index (κ3) is 4.40. The van der Waals surface area contributed by atoms with E-state index in [1.54, 1.807) is 20.3 Å². The number of Topliss-reactive ketones (excluding diaryl/α,β-unsaturated/α-hetero) is 1. The van der Waals surface area contributed by atoms with Crippen LogP contribution < -0.4 is 19.3 Å². The zero-order chi connectivity index (χ0) is 24.5. The van der Waals surface area contributed by atoms with Gasteiger partial charge in [-0.1, -0.05) is 18.2 Å². The number of nitrogens with zero attached hydrogens (tertiary/aromatic N) is 4. The Morgan fingerprint density at radius 1 is 0.943 bits per heavy atom. The Labute approximate surface area is 204 Å². The molecule has 2 aliphatic rings. The second kappa shape index (κ2) is 9.52. The summed E-state index contributed by atoms with van der Waals surface area (Å²) in [7, 11) is 3.24. The number of hydrogen-bond acceptors (Lipinski definition) is 7. The summed E-state index contributed by atoms with van der Waals surface area (Å²) in [4.78, 5) is 26.9. The van der Waals surface area contributed by atoms with Crippen LogP contribution in [0, 0.1) is 12.7 Å². The summed E-state index contributed by atoms with van der Waals surface area (Å²) >= 11 is 0. The van der Waals surface area contributed by atoms with Gasteiger partial charge in [0.05, 0.1) is 36.9 Å². The molecule has 8 heteroatoms. The minimum atomic E-state index is -0.208.